The first-order valence-corrected chi connectivity index (χ1v) is 10.5. The van der Waals surface area contributed by atoms with Gasteiger partial charge in [-0.05, 0) is 46.5 Å². The Morgan fingerprint density at radius 1 is 1.24 bits per heavy atom. The van der Waals surface area contributed by atoms with Crippen LogP contribution in [-0.4, -0.2) is 43.5 Å². The fraction of sp³-hybridized carbons (Fsp3) is 0.833. The van der Waals surface area contributed by atoms with Crippen LogP contribution >= 0.6 is 0 Å². The van der Waals surface area contributed by atoms with Crippen molar-refractivity contribution in [3.63, 3.8) is 0 Å². The van der Waals surface area contributed by atoms with E-state index in [0.29, 0.717) is 0 Å². The van der Waals surface area contributed by atoms with E-state index in [2.05, 4.69) is 6.58 Å². The van der Waals surface area contributed by atoms with Crippen molar-refractivity contribution in [1.82, 2.24) is 4.31 Å². The zero-order chi connectivity index (χ0) is 18.8. The smallest absolute Gasteiger partial charge is 0.340 e. The summed E-state index contributed by atoms with van der Waals surface area (Å²) in [6.07, 6.45) is 5.39. The van der Waals surface area contributed by atoms with E-state index >= 15 is 0 Å². The molecule has 2 fully saturated rings. The van der Waals surface area contributed by atoms with E-state index in [4.69, 9.17) is 8.92 Å². The number of hydrogen-bond acceptors (Lipinski definition) is 5. The average Bonchev–Trinajstić information content (AvgIpc) is 2.84. The van der Waals surface area contributed by atoms with Crippen LogP contribution in [0.2, 0.25) is 0 Å². The van der Waals surface area contributed by atoms with Crippen LogP contribution in [-0.2, 0) is 24.0 Å². The average molecular weight is 374 g/mol. The maximum atomic E-state index is 12.8. The third kappa shape index (κ3) is 4.83. The lowest BCUT2D eigenvalue weighted by atomic mass is 9.75. The largest absolute Gasteiger partial charge is 0.465 e. The van der Waals surface area contributed by atoms with Crippen molar-refractivity contribution in [3.05, 3.63) is 12.2 Å². The molecule has 7 heteroatoms. The molecular weight excluding hydrogens is 342 g/mol. The molecule has 0 bridgehead atoms. The van der Waals surface area contributed by atoms with Crippen LogP contribution in [0.4, 0.5) is 0 Å². The molecule has 25 heavy (non-hydrogen) atoms. The molecule has 2 rings (SSSR count). The molecule has 1 saturated heterocycles. The summed E-state index contributed by atoms with van der Waals surface area (Å²) < 4.78 is 37.3. The number of esters is 1. The van der Waals surface area contributed by atoms with Crippen molar-refractivity contribution in [2.45, 2.75) is 71.4 Å². The van der Waals surface area contributed by atoms with Gasteiger partial charge in [0.1, 0.15) is 6.04 Å². The maximum Gasteiger partial charge on any atom is 0.340 e. The Balaban J connectivity index is 2.35. The van der Waals surface area contributed by atoms with Gasteiger partial charge < -0.3 is 4.74 Å². The molecule has 0 unspecified atom stereocenters. The predicted octanol–water partition coefficient (Wildman–Crippen LogP) is 3.05. The SMILES string of the molecule is C=C1CN(S(=O)(=O)OC(C)(C)C)[C@H](C(=O)OCC)[C@@H]1C1CCCCC1. The van der Waals surface area contributed by atoms with Gasteiger partial charge in [-0.25, -0.2) is 0 Å². The van der Waals surface area contributed by atoms with Crippen molar-refractivity contribution < 1.29 is 22.1 Å². The van der Waals surface area contributed by atoms with Crippen molar-refractivity contribution in [1.29, 1.82) is 0 Å². The van der Waals surface area contributed by atoms with Gasteiger partial charge in [-0.3, -0.25) is 8.98 Å². The number of rotatable bonds is 5. The van der Waals surface area contributed by atoms with Crippen molar-refractivity contribution in [2.24, 2.45) is 11.8 Å². The van der Waals surface area contributed by atoms with Crippen LogP contribution < -0.4 is 0 Å². The Kier molecular flexibility index (Phi) is 6.33. The molecule has 0 aromatic carbocycles. The molecule has 1 saturated carbocycles. The number of nitrogens with zero attached hydrogens (tertiary/aromatic N) is 1. The zero-order valence-electron chi connectivity index (χ0n) is 15.8. The summed E-state index contributed by atoms with van der Waals surface area (Å²) in [6, 6.07) is -0.872. The van der Waals surface area contributed by atoms with Crippen LogP contribution in [0, 0.1) is 11.8 Å². The first-order chi connectivity index (χ1) is 11.6. The minimum absolute atomic E-state index is 0.114. The minimum atomic E-state index is -4.06. The zero-order valence-corrected chi connectivity index (χ0v) is 16.6. The molecule has 0 amide bonds. The Bertz CT molecular complexity index is 601. The van der Waals surface area contributed by atoms with E-state index in [1.54, 1.807) is 27.7 Å². The van der Waals surface area contributed by atoms with Gasteiger partial charge >= 0.3 is 16.3 Å². The van der Waals surface area contributed by atoms with Gasteiger partial charge in [0.15, 0.2) is 0 Å². The van der Waals surface area contributed by atoms with Gasteiger partial charge in [0.05, 0.1) is 12.2 Å². The van der Waals surface area contributed by atoms with Gasteiger partial charge in [0.25, 0.3) is 0 Å². The van der Waals surface area contributed by atoms with Crippen LogP contribution in [0.25, 0.3) is 0 Å². The highest BCUT2D eigenvalue weighted by Crippen LogP contribution is 2.43. The van der Waals surface area contributed by atoms with Gasteiger partial charge in [-0.1, -0.05) is 31.4 Å². The van der Waals surface area contributed by atoms with E-state index in [-0.39, 0.29) is 25.0 Å². The summed E-state index contributed by atoms with van der Waals surface area (Å²) in [5.74, 6) is -0.430. The molecule has 2 atom stereocenters. The molecule has 2 aliphatic rings. The Hall–Kier alpha value is -0.920. The lowest BCUT2D eigenvalue weighted by Crippen LogP contribution is -2.48. The molecule has 0 aromatic heterocycles. The minimum Gasteiger partial charge on any atom is -0.465 e. The molecule has 1 heterocycles. The van der Waals surface area contributed by atoms with Crippen molar-refractivity contribution in [2.75, 3.05) is 13.2 Å². The number of carbonyl (C=O) groups excluding carboxylic acids is 1. The standard InChI is InChI=1S/C18H31NO5S/c1-6-23-17(20)16-15(14-10-8-7-9-11-14)13(2)12-19(16)25(21,22)24-18(3,4)5/h14-16H,2,6-12H2,1,3-5H3/t15-,16-/m0/s1. The molecular formula is C18H31NO5S. The normalized spacial score (nSPS) is 26.8. The first-order valence-electron chi connectivity index (χ1n) is 9.13. The Morgan fingerprint density at radius 3 is 2.36 bits per heavy atom. The molecule has 1 aliphatic carbocycles. The first kappa shape index (κ1) is 20.4. The third-order valence-corrected chi connectivity index (χ3v) is 6.45. The monoisotopic (exact) mass is 373 g/mol. The molecule has 0 radical (unpaired) electrons. The molecule has 0 spiro atoms. The van der Waals surface area contributed by atoms with Crippen molar-refractivity contribution in [3.8, 4) is 0 Å². The van der Waals surface area contributed by atoms with Gasteiger partial charge in [0.2, 0.25) is 0 Å². The molecule has 0 N–H and O–H groups in total. The van der Waals surface area contributed by atoms with Crippen LogP contribution in [0.3, 0.4) is 0 Å². The van der Waals surface area contributed by atoms with Crippen LogP contribution in [0.1, 0.15) is 59.8 Å². The third-order valence-electron chi connectivity index (χ3n) is 4.81. The summed E-state index contributed by atoms with van der Waals surface area (Å²) >= 11 is 0. The highest BCUT2D eigenvalue weighted by atomic mass is 32.2. The summed E-state index contributed by atoms with van der Waals surface area (Å²) in [4.78, 5) is 12.6. The van der Waals surface area contributed by atoms with E-state index in [1.807, 2.05) is 0 Å². The maximum absolute atomic E-state index is 12.8. The Labute approximate surface area is 151 Å². The van der Waals surface area contributed by atoms with E-state index in [0.717, 1.165) is 35.6 Å². The highest BCUT2D eigenvalue weighted by molar-refractivity contribution is 7.84. The topological polar surface area (TPSA) is 72.9 Å². The Morgan fingerprint density at radius 2 is 1.84 bits per heavy atom. The molecule has 1 aliphatic heterocycles. The van der Waals surface area contributed by atoms with Crippen molar-refractivity contribution >= 4 is 16.3 Å². The molecule has 6 nitrogen and oxygen atoms in total. The van der Waals surface area contributed by atoms with Gasteiger partial charge in [0, 0.05) is 12.5 Å². The molecule has 144 valence electrons. The summed E-state index contributed by atoms with van der Waals surface area (Å²) in [6.45, 7) is 11.2. The second-order valence-electron chi connectivity index (χ2n) is 7.98. The summed E-state index contributed by atoms with van der Waals surface area (Å²) in [7, 11) is -4.06. The summed E-state index contributed by atoms with van der Waals surface area (Å²) in [5.41, 5.74) is -0.0893. The fourth-order valence-corrected chi connectivity index (χ4v) is 5.51. The molecule has 0 aromatic rings. The number of carbonyl (C=O) groups is 1. The van der Waals surface area contributed by atoms with E-state index < -0.39 is 27.9 Å². The van der Waals surface area contributed by atoms with E-state index in [9.17, 15) is 13.2 Å². The number of hydrogen-bond donors (Lipinski definition) is 0. The lowest BCUT2D eigenvalue weighted by molar-refractivity contribution is -0.149. The van der Waals surface area contributed by atoms with E-state index in [1.165, 1.54) is 6.42 Å². The van der Waals surface area contributed by atoms with Crippen LogP contribution in [0.15, 0.2) is 12.2 Å². The van der Waals surface area contributed by atoms with Gasteiger partial charge in [-0.2, -0.15) is 12.7 Å². The number of ether oxygens (including phenoxy) is 1. The van der Waals surface area contributed by atoms with Crippen LogP contribution in [0.5, 0.6) is 0 Å². The summed E-state index contributed by atoms with van der Waals surface area (Å²) in [5, 5.41) is 0. The lowest BCUT2D eigenvalue weighted by Gasteiger charge is -2.33. The second-order valence-corrected chi connectivity index (χ2v) is 9.47. The fourth-order valence-electron chi connectivity index (χ4n) is 3.96. The predicted molar refractivity (Wildman–Crippen MR) is 96.1 cm³/mol. The van der Waals surface area contributed by atoms with Gasteiger partial charge in [-0.15, -0.1) is 0 Å². The second kappa shape index (κ2) is 7.76. The highest BCUT2D eigenvalue weighted by Gasteiger charge is 2.51. The quantitative estimate of drug-likeness (QED) is 0.547.